The Balaban J connectivity index is 1.54. The molecule has 1 saturated heterocycles. The maximum atomic E-state index is 12.4. The predicted octanol–water partition coefficient (Wildman–Crippen LogP) is 3.31. The molecule has 1 atom stereocenters. The largest absolute Gasteiger partial charge is 0.368 e. The SMILES string of the molecule is CCc1onc(C)c1-c1cccc(C2CN(C(=O)CC3CC3)CCO2)n1. The molecule has 2 aromatic heterocycles. The molecule has 2 aliphatic rings. The van der Waals surface area contributed by atoms with Crippen LogP contribution in [0.1, 0.15) is 49.4 Å². The van der Waals surface area contributed by atoms with Crippen molar-refractivity contribution < 1.29 is 14.1 Å². The number of carbonyl (C=O) groups is 1. The number of ether oxygens (including phenoxy) is 1. The molecular formula is C20H25N3O3. The molecule has 1 unspecified atom stereocenters. The van der Waals surface area contributed by atoms with Crippen molar-refractivity contribution in [2.24, 2.45) is 5.92 Å². The van der Waals surface area contributed by atoms with Crippen LogP contribution in [0, 0.1) is 12.8 Å². The fourth-order valence-electron chi connectivity index (χ4n) is 3.51. The molecule has 138 valence electrons. The Morgan fingerprint density at radius 3 is 2.96 bits per heavy atom. The van der Waals surface area contributed by atoms with E-state index in [0.29, 0.717) is 32.0 Å². The van der Waals surface area contributed by atoms with Crippen LogP contribution in [0.2, 0.25) is 0 Å². The minimum atomic E-state index is -0.183. The van der Waals surface area contributed by atoms with Crippen molar-refractivity contribution in [3.63, 3.8) is 0 Å². The molecule has 0 spiro atoms. The summed E-state index contributed by atoms with van der Waals surface area (Å²) in [4.78, 5) is 19.2. The molecule has 0 bridgehead atoms. The van der Waals surface area contributed by atoms with Crippen LogP contribution in [-0.4, -0.2) is 40.6 Å². The molecular weight excluding hydrogens is 330 g/mol. The van der Waals surface area contributed by atoms with E-state index in [4.69, 9.17) is 14.2 Å². The van der Waals surface area contributed by atoms with Crippen LogP contribution < -0.4 is 0 Å². The zero-order valence-corrected chi connectivity index (χ0v) is 15.4. The van der Waals surface area contributed by atoms with E-state index in [0.717, 1.165) is 34.8 Å². The highest BCUT2D eigenvalue weighted by molar-refractivity contribution is 5.77. The standard InChI is InChI=1S/C20H25N3O3/c1-3-17-20(13(2)22-26-17)16-6-4-5-15(21-16)18-12-23(9-10-25-18)19(24)11-14-7-8-14/h4-6,14,18H,3,7-12H2,1-2H3. The summed E-state index contributed by atoms with van der Waals surface area (Å²) in [6, 6.07) is 5.93. The summed E-state index contributed by atoms with van der Waals surface area (Å²) >= 11 is 0. The monoisotopic (exact) mass is 355 g/mol. The summed E-state index contributed by atoms with van der Waals surface area (Å²) in [7, 11) is 0. The van der Waals surface area contributed by atoms with E-state index in [9.17, 15) is 4.79 Å². The summed E-state index contributed by atoms with van der Waals surface area (Å²) in [5, 5.41) is 4.08. The van der Waals surface area contributed by atoms with E-state index in [1.54, 1.807) is 0 Å². The van der Waals surface area contributed by atoms with Crippen LogP contribution in [0.15, 0.2) is 22.7 Å². The van der Waals surface area contributed by atoms with Crippen LogP contribution in [0.3, 0.4) is 0 Å². The van der Waals surface area contributed by atoms with Gasteiger partial charge in [-0.15, -0.1) is 0 Å². The molecule has 1 amide bonds. The normalized spacial score (nSPS) is 20.4. The van der Waals surface area contributed by atoms with Gasteiger partial charge in [-0.1, -0.05) is 18.1 Å². The molecule has 2 aromatic rings. The van der Waals surface area contributed by atoms with Gasteiger partial charge < -0.3 is 14.2 Å². The molecule has 2 fully saturated rings. The van der Waals surface area contributed by atoms with Crippen molar-refractivity contribution in [2.45, 2.75) is 45.6 Å². The summed E-state index contributed by atoms with van der Waals surface area (Å²) in [5.74, 6) is 1.70. The van der Waals surface area contributed by atoms with E-state index < -0.39 is 0 Å². The first kappa shape index (κ1) is 17.2. The zero-order valence-electron chi connectivity index (χ0n) is 15.4. The quantitative estimate of drug-likeness (QED) is 0.823. The third-order valence-corrected chi connectivity index (χ3v) is 5.19. The van der Waals surface area contributed by atoms with Gasteiger partial charge in [0.2, 0.25) is 5.91 Å². The van der Waals surface area contributed by atoms with Gasteiger partial charge >= 0.3 is 0 Å². The first-order valence-electron chi connectivity index (χ1n) is 9.47. The number of nitrogens with zero attached hydrogens (tertiary/aromatic N) is 3. The second kappa shape index (κ2) is 7.19. The first-order chi connectivity index (χ1) is 12.7. The van der Waals surface area contributed by atoms with Crippen molar-refractivity contribution in [1.29, 1.82) is 0 Å². The molecule has 6 nitrogen and oxygen atoms in total. The topological polar surface area (TPSA) is 68.5 Å². The molecule has 0 N–H and O–H groups in total. The molecule has 0 radical (unpaired) electrons. The van der Waals surface area contributed by atoms with E-state index in [-0.39, 0.29) is 12.0 Å². The number of hydrogen-bond acceptors (Lipinski definition) is 5. The van der Waals surface area contributed by atoms with Crippen LogP contribution in [0.5, 0.6) is 0 Å². The van der Waals surface area contributed by atoms with Crippen molar-refractivity contribution in [3.8, 4) is 11.3 Å². The van der Waals surface area contributed by atoms with Gasteiger partial charge in [-0.25, -0.2) is 4.98 Å². The van der Waals surface area contributed by atoms with E-state index in [1.807, 2.05) is 36.9 Å². The smallest absolute Gasteiger partial charge is 0.223 e. The lowest BCUT2D eigenvalue weighted by molar-refractivity contribution is -0.139. The number of aromatic nitrogens is 2. The maximum Gasteiger partial charge on any atom is 0.223 e. The molecule has 0 aromatic carbocycles. The Labute approximate surface area is 153 Å². The average Bonchev–Trinajstić information content (AvgIpc) is 3.41. The van der Waals surface area contributed by atoms with E-state index >= 15 is 0 Å². The third kappa shape index (κ3) is 3.51. The third-order valence-electron chi connectivity index (χ3n) is 5.19. The Kier molecular flexibility index (Phi) is 4.76. The van der Waals surface area contributed by atoms with Gasteiger partial charge in [0.05, 0.1) is 35.8 Å². The Morgan fingerprint density at radius 1 is 1.35 bits per heavy atom. The van der Waals surface area contributed by atoms with Gasteiger partial charge in [-0.05, 0) is 37.8 Å². The second-order valence-corrected chi connectivity index (χ2v) is 7.21. The number of rotatable bonds is 5. The van der Waals surface area contributed by atoms with Crippen LogP contribution in [0.25, 0.3) is 11.3 Å². The highest BCUT2D eigenvalue weighted by Gasteiger charge is 2.31. The number of hydrogen-bond donors (Lipinski definition) is 0. The van der Waals surface area contributed by atoms with Gasteiger partial charge in [0.1, 0.15) is 11.9 Å². The lowest BCUT2D eigenvalue weighted by Crippen LogP contribution is -2.42. The van der Waals surface area contributed by atoms with Crippen LogP contribution in [0.4, 0.5) is 0 Å². The average molecular weight is 355 g/mol. The summed E-state index contributed by atoms with van der Waals surface area (Å²) in [6.07, 6.45) is 3.66. The molecule has 6 heteroatoms. The fourth-order valence-corrected chi connectivity index (χ4v) is 3.51. The number of amides is 1. The van der Waals surface area contributed by atoms with Gasteiger partial charge in [0.15, 0.2) is 0 Å². The Bertz CT molecular complexity index is 797. The van der Waals surface area contributed by atoms with Gasteiger partial charge in [0, 0.05) is 19.4 Å². The molecule has 26 heavy (non-hydrogen) atoms. The molecule has 1 aliphatic carbocycles. The van der Waals surface area contributed by atoms with Crippen molar-refractivity contribution >= 4 is 5.91 Å². The predicted molar refractivity (Wildman–Crippen MR) is 96.5 cm³/mol. The lowest BCUT2D eigenvalue weighted by Gasteiger charge is -2.33. The first-order valence-corrected chi connectivity index (χ1v) is 9.47. The highest BCUT2D eigenvalue weighted by Crippen LogP contribution is 2.34. The highest BCUT2D eigenvalue weighted by atomic mass is 16.5. The van der Waals surface area contributed by atoms with Crippen LogP contribution >= 0.6 is 0 Å². The van der Waals surface area contributed by atoms with Gasteiger partial charge in [-0.3, -0.25) is 4.79 Å². The maximum absolute atomic E-state index is 12.4. The van der Waals surface area contributed by atoms with Crippen LogP contribution in [-0.2, 0) is 16.0 Å². The van der Waals surface area contributed by atoms with Crippen molar-refractivity contribution in [1.82, 2.24) is 15.0 Å². The van der Waals surface area contributed by atoms with Gasteiger partial charge in [-0.2, -0.15) is 0 Å². The second-order valence-electron chi connectivity index (χ2n) is 7.21. The Hall–Kier alpha value is -2.21. The molecule has 1 aliphatic heterocycles. The molecule has 3 heterocycles. The number of morpholine rings is 1. The van der Waals surface area contributed by atoms with Crippen molar-refractivity contribution in [3.05, 3.63) is 35.3 Å². The summed E-state index contributed by atoms with van der Waals surface area (Å²) < 4.78 is 11.3. The number of carbonyl (C=O) groups excluding carboxylic acids is 1. The fraction of sp³-hybridized carbons (Fsp3) is 0.550. The lowest BCUT2D eigenvalue weighted by atomic mass is 10.1. The van der Waals surface area contributed by atoms with Gasteiger partial charge in [0.25, 0.3) is 0 Å². The minimum Gasteiger partial charge on any atom is -0.368 e. The number of aryl methyl sites for hydroxylation is 2. The molecule has 1 saturated carbocycles. The Morgan fingerprint density at radius 2 is 2.19 bits per heavy atom. The molecule has 4 rings (SSSR count). The number of pyridine rings is 1. The zero-order chi connectivity index (χ0) is 18.1. The van der Waals surface area contributed by atoms with E-state index in [1.165, 1.54) is 12.8 Å². The summed E-state index contributed by atoms with van der Waals surface area (Å²) in [6.45, 7) is 5.78. The summed E-state index contributed by atoms with van der Waals surface area (Å²) in [5.41, 5.74) is 3.52. The van der Waals surface area contributed by atoms with E-state index in [2.05, 4.69) is 5.16 Å². The van der Waals surface area contributed by atoms with Crippen molar-refractivity contribution in [2.75, 3.05) is 19.7 Å². The minimum absolute atomic E-state index is 0.183.